The van der Waals surface area contributed by atoms with Crippen LogP contribution in [0, 0.1) is 0 Å². The number of hydrogen-bond acceptors (Lipinski definition) is 3. The van der Waals surface area contributed by atoms with E-state index in [4.69, 9.17) is 9.47 Å². The second-order valence-electron chi connectivity index (χ2n) is 8.83. The number of likely N-dealkylation sites (N-methyl/N-ethyl adjacent to an activating group) is 1. The van der Waals surface area contributed by atoms with Gasteiger partial charge in [0.1, 0.15) is 24.7 Å². The summed E-state index contributed by atoms with van der Waals surface area (Å²) in [5.74, 6) is 1.35. The molecular weight excluding hydrogens is 442 g/mol. The number of Topliss-reactive ketones (excluding diaryl/α,β-unsaturated/α-hetero) is 1. The molecule has 0 spiro atoms. The van der Waals surface area contributed by atoms with E-state index in [1.54, 1.807) is 32.2 Å². The molecule has 30 heavy (non-hydrogen) atoms. The van der Waals surface area contributed by atoms with Gasteiger partial charge < -0.3 is 30.9 Å². The number of benzene rings is 1. The van der Waals surface area contributed by atoms with E-state index < -0.39 is 0 Å². The Labute approximate surface area is 195 Å². The van der Waals surface area contributed by atoms with E-state index in [0.29, 0.717) is 23.7 Å². The summed E-state index contributed by atoms with van der Waals surface area (Å²) in [6.07, 6.45) is 13.7. The first-order valence-corrected chi connectivity index (χ1v) is 11.5. The molecule has 0 atom stereocenters. The van der Waals surface area contributed by atoms with Crippen molar-refractivity contribution in [3.8, 4) is 11.5 Å². The van der Waals surface area contributed by atoms with Gasteiger partial charge in [0, 0.05) is 6.07 Å². The lowest BCUT2D eigenvalue weighted by atomic mass is 10.1. The maximum Gasteiger partial charge on any atom is 0.163 e. The SMILES string of the molecule is CCCCCCCCCCCC[N+](C)(C)CCOc1cc(OC)ccc1C(C)=O.[Br-]. The summed E-state index contributed by atoms with van der Waals surface area (Å²) >= 11 is 0. The van der Waals surface area contributed by atoms with Crippen LogP contribution >= 0.6 is 0 Å². The van der Waals surface area contributed by atoms with Crippen LogP contribution in [0.2, 0.25) is 0 Å². The normalized spacial score (nSPS) is 11.1. The first-order chi connectivity index (χ1) is 13.9. The third-order valence-electron chi connectivity index (χ3n) is 5.64. The highest BCUT2D eigenvalue weighted by molar-refractivity contribution is 5.97. The number of halogens is 1. The first kappa shape index (κ1) is 28.9. The monoisotopic (exact) mass is 485 g/mol. The zero-order valence-electron chi connectivity index (χ0n) is 20.0. The Kier molecular flexibility index (Phi) is 16.0. The fraction of sp³-hybridized carbons (Fsp3) is 0.720. The van der Waals surface area contributed by atoms with E-state index in [1.165, 1.54) is 64.2 Å². The third-order valence-corrected chi connectivity index (χ3v) is 5.64. The molecule has 0 aliphatic heterocycles. The van der Waals surface area contributed by atoms with Crippen molar-refractivity contribution in [3.05, 3.63) is 23.8 Å². The number of carbonyl (C=O) groups is 1. The average molecular weight is 487 g/mol. The van der Waals surface area contributed by atoms with Crippen LogP contribution in [0.3, 0.4) is 0 Å². The predicted molar refractivity (Wildman–Crippen MR) is 122 cm³/mol. The quantitative estimate of drug-likeness (QED) is 0.193. The Hall–Kier alpha value is -1.07. The summed E-state index contributed by atoms with van der Waals surface area (Å²) in [5, 5.41) is 0. The number of ketones is 1. The fourth-order valence-electron chi connectivity index (χ4n) is 3.58. The van der Waals surface area contributed by atoms with Crippen molar-refractivity contribution in [2.45, 2.75) is 78.1 Å². The van der Waals surface area contributed by atoms with E-state index in [1.807, 2.05) is 0 Å². The highest BCUT2D eigenvalue weighted by Gasteiger charge is 2.16. The standard InChI is InChI=1S/C25H44NO3.BrH/c1-6-7-8-9-10-11-12-13-14-15-18-26(3,4)19-20-29-25-21-23(28-5)16-17-24(25)22(2)27;/h16-17,21H,6-15,18-20H2,1-5H3;1H/q+1;/p-1. The topological polar surface area (TPSA) is 35.5 Å². The van der Waals surface area contributed by atoms with Gasteiger partial charge in [-0.2, -0.15) is 0 Å². The molecule has 174 valence electrons. The lowest BCUT2D eigenvalue weighted by Crippen LogP contribution is -3.00. The summed E-state index contributed by atoms with van der Waals surface area (Å²) in [7, 11) is 6.14. The number of nitrogens with zero attached hydrogens (tertiary/aromatic N) is 1. The fourth-order valence-corrected chi connectivity index (χ4v) is 3.58. The summed E-state index contributed by atoms with van der Waals surface area (Å²) < 4.78 is 12.2. The molecule has 0 saturated heterocycles. The van der Waals surface area contributed by atoms with Crippen molar-refractivity contribution in [1.29, 1.82) is 0 Å². The Morgan fingerprint density at radius 2 is 1.47 bits per heavy atom. The third kappa shape index (κ3) is 12.6. The molecule has 0 radical (unpaired) electrons. The highest BCUT2D eigenvalue weighted by atomic mass is 79.9. The number of ether oxygens (including phenoxy) is 2. The van der Waals surface area contributed by atoms with Gasteiger partial charge in [-0.25, -0.2) is 0 Å². The van der Waals surface area contributed by atoms with Crippen molar-refractivity contribution >= 4 is 5.78 Å². The summed E-state index contributed by atoms with van der Waals surface area (Å²) in [5.41, 5.74) is 0.616. The van der Waals surface area contributed by atoms with Gasteiger partial charge in [-0.3, -0.25) is 4.79 Å². The van der Waals surface area contributed by atoms with Crippen LogP contribution in [0.15, 0.2) is 18.2 Å². The van der Waals surface area contributed by atoms with Crippen LogP contribution < -0.4 is 26.5 Å². The maximum atomic E-state index is 11.8. The number of rotatable bonds is 17. The van der Waals surface area contributed by atoms with Gasteiger partial charge in [0.2, 0.25) is 0 Å². The minimum atomic E-state index is 0. The Morgan fingerprint density at radius 1 is 0.900 bits per heavy atom. The summed E-state index contributed by atoms with van der Waals surface area (Å²) in [6, 6.07) is 5.38. The molecule has 1 aromatic carbocycles. The zero-order chi connectivity index (χ0) is 21.5. The minimum Gasteiger partial charge on any atom is -1.00 e. The number of hydrogen-bond donors (Lipinski definition) is 0. The van der Waals surface area contributed by atoms with Crippen molar-refractivity contribution in [3.63, 3.8) is 0 Å². The summed E-state index contributed by atoms with van der Waals surface area (Å²) in [6.45, 7) is 6.52. The van der Waals surface area contributed by atoms with E-state index >= 15 is 0 Å². The molecule has 0 fully saturated rings. The van der Waals surface area contributed by atoms with Crippen molar-refractivity contribution < 1.29 is 35.7 Å². The molecule has 1 rings (SSSR count). The molecule has 0 aromatic heterocycles. The predicted octanol–water partition coefficient (Wildman–Crippen LogP) is 3.28. The molecular formula is C25H44BrNO3. The average Bonchev–Trinajstić information content (AvgIpc) is 2.69. The second kappa shape index (κ2) is 16.6. The number of carbonyl (C=O) groups excluding carboxylic acids is 1. The molecule has 0 heterocycles. The molecule has 0 amide bonds. The van der Waals surface area contributed by atoms with Crippen LogP contribution in [-0.4, -0.2) is 51.2 Å². The van der Waals surface area contributed by atoms with Crippen molar-refractivity contribution in [1.82, 2.24) is 0 Å². The largest absolute Gasteiger partial charge is 1.00 e. The smallest absolute Gasteiger partial charge is 0.163 e. The van der Waals surface area contributed by atoms with Crippen LogP contribution in [-0.2, 0) is 0 Å². The van der Waals surface area contributed by atoms with Crippen LogP contribution in [0.25, 0.3) is 0 Å². The first-order valence-electron chi connectivity index (χ1n) is 11.5. The molecule has 1 aromatic rings. The molecule has 4 nitrogen and oxygen atoms in total. The molecule has 0 bridgehead atoms. The minimum absolute atomic E-state index is 0. The Balaban J connectivity index is 0.00000841. The van der Waals surface area contributed by atoms with Crippen LogP contribution in [0.5, 0.6) is 11.5 Å². The molecule has 0 aliphatic carbocycles. The van der Waals surface area contributed by atoms with Crippen LogP contribution in [0.1, 0.15) is 88.4 Å². The Morgan fingerprint density at radius 3 is 2.00 bits per heavy atom. The second-order valence-corrected chi connectivity index (χ2v) is 8.83. The molecule has 0 unspecified atom stereocenters. The van der Waals surface area contributed by atoms with Gasteiger partial charge in [-0.05, 0) is 31.9 Å². The summed E-state index contributed by atoms with van der Waals surface area (Å²) in [4.78, 5) is 11.8. The van der Waals surface area contributed by atoms with Gasteiger partial charge in [0.25, 0.3) is 0 Å². The van der Waals surface area contributed by atoms with Gasteiger partial charge in [-0.15, -0.1) is 0 Å². The van der Waals surface area contributed by atoms with Crippen LogP contribution in [0.4, 0.5) is 0 Å². The van der Waals surface area contributed by atoms with Crippen molar-refractivity contribution in [2.24, 2.45) is 0 Å². The van der Waals surface area contributed by atoms with E-state index in [9.17, 15) is 4.79 Å². The van der Waals surface area contributed by atoms with Gasteiger partial charge in [-0.1, -0.05) is 58.3 Å². The van der Waals surface area contributed by atoms with Gasteiger partial charge in [0.15, 0.2) is 5.78 Å². The number of unbranched alkanes of at least 4 members (excludes halogenated alkanes) is 9. The van der Waals surface area contributed by atoms with Gasteiger partial charge in [0.05, 0.1) is 33.3 Å². The molecule has 0 saturated carbocycles. The van der Waals surface area contributed by atoms with E-state index in [0.717, 1.165) is 17.6 Å². The lowest BCUT2D eigenvalue weighted by Gasteiger charge is -2.30. The molecule has 0 aliphatic rings. The number of methoxy groups -OCH3 is 1. The number of quaternary nitrogens is 1. The molecule has 5 heteroatoms. The zero-order valence-corrected chi connectivity index (χ0v) is 21.6. The van der Waals surface area contributed by atoms with Crippen molar-refractivity contribution in [2.75, 3.05) is 40.9 Å². The van der Waals surface area contributed by atoms with Gasteiger partial charge >= 0.3 is 0 Å². The lowest BCUT2D eigenvalue weighted by molar-refractivity contribution is -0.890. The highest BCUT2D eigenvalue weighted by Crippen LogP contribution is 2.25. The Bertz CT molecular complexity index is 590. The molecule has 0 N–H and O–H groups in total. The van der Waals surface area contributed by atoms with E-state index in [-0.39, 0.29) is 22.8 Å². The maximum absolute atomic E-state index is 11.8. The van der Waals surface area contributed by atoms with E-state index in [2.05, 4.69) is 21.0 Å².